The van der Waals surface area contributed by atoms with Crippen molar-refractivity contribution in [1.82, 2.24) is 14.2 Å². The summed E-state index contributed by atoms with van der Waals surface area (Å²) in [6.07, 6.45) is 6.21. The molecule has 2 atom stereocenters. The Labute approximate surface area is 171 Å². The van der Waals surface area contributed by atoms with Gasteiger partial charge in [0.25, 0.3) is 5.91 Å². The summed E-state index contributed by atoms with van der Waals surface area (Å²) < 4.78 is 28.6. The number of amides is 1. The molecule has 7 rings (SSSR count). The van der Waals surface area contributed by atoms with Crippen LogP contribution in [0.5, 0.6) is 0 Å². The van der Waals surface area contributed by atoms with Gasteiger partial charge in [-0.15, -0.1) is 0 Å². The predicted octanol–water partition coefficient (Wildman–Crippen LogP) is 2.46. The van der Waals surface area contributed by atoms with Gasteiger partial charge in [0, 0.05) is 49.3 Å². The summed E-state index contributed by atoms with van der Waals surface area (Å²) in [4.78, 5) is 15.2. The van der Waals surface area contributed by atoms with Crippen LogP contribution in [0.3, 0.4) is 0 Å². The maximum atomic E-state index is 12.6. The number of carbonyl (C=O) groups excluding carboxylic acids is 1. The Balaban J connectivity index is 1.34. The number of carbonyl (C=O) groups is 1. The van der Waals surface area contributed by atoms with Gasteiger partial charge in [-0.2, -0.15) is 0 Å². The van der Waals surface area contributed by atoms with Crippen molar-refractivity contribution in [1.29, 1.82) is 0 Å². The molecule has 1 N–H and O–H groups in total. The molecule has 2 aromatic rings. The Morgan fingerprint density at radius 1 is 1.10 bits per heavy atom. The highest BCUT2D eigenvalue weighted by Crippen LogP contribution is 2.52. The Bertz CT molecular complexity index is 1090. The number of piperidine rings is 3. The quantitative estimate of drug-likeness (QED) is 0.836. The first-order chi connectivity index (χ1) is 13.9. The van der Waals surface area contributed by atoms with Gasteiger partial charge in [-0.25, -0.2) is 13.1 Å². The van der Waals surface area contributed by atoms with E-state index in [1.807, 2.05) is 19.2 Å². The first-order valence-electron chi connectivity index (χ1n) is 10.8. The summed E-state index contributed by atoms with van der Waals surface area (Å²) in [7, 11) is -1.51. The van der Waals surface area contributed by atoms with Gasteiger partial charge < -0.3 is 9.47 Å². The third kappa shape index (κ3) is 2.85. The first-order valence-corrected chi connectivity index (χ1v) is 12.3. The third-order valence-electron chi connectivity index (χ3n) is 7.63. The van der Waals surface area contributed by atoms with Crippen LogP contribution in [0.2, 0.25) is 0 Å². The van der Waals surface area contributed by atoms with Crippen LogP contribution in [0.1, 0.15) is 47.5 Å². The van der Waals surface area contributed by atoms with Crippen LogP contribution in [-0.2, 0) is 17.1 Å². The highest BCUT2D eigenvalue weighted by molar-refractivity contribution is 7.91. The fourth-order valence-electron chi connectivity index (χ4n) is 6.39. The standard InChI is InChI=1S/C22H27N3O3S/c1-24-12-19(21-15-6-13-7-16(21)11-25(9-13)10-15)18-5-2-14(8-20(18)24)22(26)23-29(27,28)17-3-4-17/h2,5,8,12-13,15-17,21H,3-4,6-7,9-11H2,1H3,(H,23,26). The van der Waals surface area contributed by atoms with Crippen LogP contribution >= 0.6 is 0 Å². The number of fused-ring (bicyclic) bond motifs is 1. The van der Waals surface area contributed by atoms with Crippen LogP contribution in [-0.4, -0.2) is 48.7 Å². The van der Waals surface area contributed by atoms with Gasteiger partial charge in [-0.05, 0) is 67.1 Å². The number of aromatic nitrogens is 1. The van der Waals surface area contributed by atoms with Crippen molar-refractivity contribution in [2.45, 2.75) is 36.9 Å². The summed E-state index contributed by atoms with van der Waals surface area (Å²) in [6, 6.07) is 5.65. The second-order valence-electron chi connectivity index (χ2n) is 9.70. The average molecular weight is 414 g/mol. The van der Waals surface area contributed by atoms with E-state index in [0.717, 1.165) is 23.3 Å². The topological polar surface area (TPSA) is 71.4 Å². The number of nitrogens with one attached hydrogen (secondary N) is 1. The fourth-order valence-corrected chi connectivity index (χ4v) is 7.69. The molecule has 1 aromatic carbocycles. The molecule has 2 unspecified atom stereocenters. The largest absolute Gasteiger partial charge is 0.350 e. The smallest absolute Gasteiger partial charge is 0.264 e. The van der Waals surface area contributed by atoms with Gasteiger partial charge in [-0.3, -0.25) is 4.79 Å². The van der Waals surface area contributed by atoms with E-state index in [4.69, 9.17) is 0 Å². The fraction of sp³-hybridized carbons (Fsp3) is 0.591. The van der Waals surface area contributed by atoms with Crippen LogP contribution < -0.4 is 4.72 Å². The summed E-state index contributed by atoms with van der Waals surface area (Å²) in [5, 5.41) is 0.811. The van der Waals surface area contributed by atoms with Crippen LogP contribution in [0.25, 0.3) is 10.9 Å². The molecule has 154 valence electrons. The maximum absolute atomic E-state index is 12.6. The number of aryl methyl sites for hydroxylation is 1. The van der Waals surface area contributed by atoms with Gasteiger partial charge in [0.2, 0.25) is 10.0 Å². The van der Waals surface area contributed by atoms with Crippen LogP contribution in [0.15, 0.2) is 24.4 Å². The number of nitrogens with zero attached hydrogens (tertiary/aromatic N) is 2. The number of hydrogen-bond acceptors (Lipinski definition) is 4. The minimum Gasteiger partial charge on any atom is -0.350 e. The van der Waals surface area contributed by atoms with Gasteiger partial charge in [0.1, 0.15) is 0 Å². The average Bonchev–Trinajstić information content (AvgIpc) is 3.47. The zero-order valence-corrected chi connectivity index (χ0v) is 17.5. The summed E-state index contributed by atoms with van der Waals surface area (Å²) in [5.41, 5.74) is 2.83. The molecule has 4 bridgehead atoms. The van der Waals surface area contributed by atoms with Gasteiger partial charge >= 0.3 is 0 Å². The summed E-state index contributed by atoms with van der Waals surface area (Å²) in [5.74, 6) is 2.42. The number of benzene rings is 1. The lowest BCUT2D eigenvalue weighted by molar-refractivity contribution is -0.0353. The van der Waals surface area contributed by atoms with E-state index in [1.54, 1.807) is 6.07 Å². The van der Waals surface area contributed by atoms with Crippen molar-refractivity contribution in [2.75, 3.05) is 19.6 Å². The molecule has 7 heteroatoms. The minimum absolute atomic E-state index is 0.399. The third-order valence-corrected chi connectivity index (χ3v) is 9.45. The zero-order valence-electron chi connectivity index (χ0n) is 16.7. The minimum atomic E-state index is -3.53. The van der Waals surface area contributed by atoms with E-state index in [-0.39, 0.29) is 0 Å². The molecule has 2 saturated carbocycles. The van der Waals surface area contributed by atoms with Crippen molar-refractivity contribution in [3.05, 3.63) is 35.5 Å². The van der Waals surface area contributed by atoms with E-state index < -0.39 is 21.2 Å². The molecule has 5 fully saturated rings. The van der Waals surface area contributed by atoms with E-state index in [0.29, 0.717) is 24.3 Å². The second kappa shape index (κ2) is 6.08. The van der Waals surface area contributed by atoms with Crippen molar-refractivity contribution in [2.24, 2.45) is 24.8 Å². The normalized spacial score (nSPS) is 33.3. The molecular formula is C22H27N3O3S. The molecule has 2 aliphatic carbocycles. The molecule has 3 saturated heterocycles. The Morgan fingerprint density at radius 2 is 1.83 bits per heavy atom. The summed E-state index contributed by atoms with van der Waals surface area (Å²) in [6.45, 7) is 3.72. The molecule has 1 aromatic heterocycles. The molecule has 1 amide bonds. The Kier molecular flexibility index (Phi) is 3.76. The highest BCUT2D eigenvalue weighted by atomic mass is 32.2. The van der Waals surface area contributed by atoms with Crippen molar-refractivity contribution in [3.63, 3.8) is 0 Å². The molecule has 0 spiro atoms. The molecule has 0 radical (unpaired) electrons. The van der Waals surface area contributed by atoms with Gasteiger partial charge in [0.05, 0.1) is 5.25 Å². The maximum Gasteiger partial charge on any atom is 0.264 e. The van der Waals surface area contributed by atoms with E-state index in [2.05, 4.69) is 20.4 Å². The lowest BCUT2D eigenvalue weighted by Gasteiger charge is -2.56. The number of rotatable bonds is 4. The zero-order chi connectivity index (χ0) is 19.9. The van der Waals surface area contributed by atoms with E-state index in [9.17, 15) is 13.2 Å². The number of hydrogen-bond donors (Lipinski definition) is 1. The summed E-state index contributed by atoms with van der Waals surface area (Å²) >= 11 is 0. The molecular weight excluding hydrogens is 386 g/mol. The van der Waals surface area contributed by atoms with Crippen LogP contribution in [0, 0.1) is 17.8 Å². The van der Waals surface area contributed by atoms with Crippen molar-refractivity contribution in [3.8, 4) is 0 Å². The lowest BCUT2D eigenvalue weighted by atomic mass is 9.60. The van der Waals surface area contributed by atoms with Crippen molar-refractivity contribution < 1.29 is 13.2 Å². The van der Waals surface area contributed by atoms with Gasteiger partial charge in [-0.1, -0.05) is 6.07 Å². The highest BCUT2D eigenvalue weighted by Gasteiger charge is 2.48. The molecule has 3 aliphatic heterocycles. The number of sulfonamides is 1. The molecule has 4 heterocycles. The molecule has 5 aliphatic rings. The first kappa shape index (κ1) is 18.0. The monoisotopic (exact) mass is 413 g/mol. The second-order valence-corrected chi connectivity index (χ2v) is 11.7. The predicted molar refractivity (Wildman–Crippen MR) is 111 cm³/mol. The Morgan fingerprint density at radius 3 is 2.48 bits per heavy atom. The molecule has 6 nitrogen and oxygen atoms in total. The SMILES string of the molecule is Cn1cc(C2C3CC4CC2CN(C4)C3)c2ccc(C(=O)NS(=O)(=O)C3CC3)cc21. The van der Waals surface area contributed by atoms with Crippen molar-refractivity contribution >= 4 is 26.8 Å². The lowest BCUT2D eigenvalue weighted by Crippen LogP contribution is -2.56. The van der Waals surface area contributed by atoms with Gasteiger partial charge in [0.15, 0.2) is 0 Å². The van der Waals surface area contributed by atoms with Crippen LogP contribution in [0.4, 0.5) is 0 Å². The molecule has 29 heavy (non-hydrogen) atoms. The van der Waals surface area contributed by atoms with E-state index in [1.165, 1.54) is 43.4 Å². The Hall–Kier alpha value is -1.86. The van der Waals surface area contributed by atoms with E-state index >= 15 is 0 Å².